The molecule has 0 aromatic heterocycles. The SMILES string of the molecule is C=C1CC(=O)N/C1=C/C(=C\C)c1ccc(OC(F)(F)F)cc1. The van der Waals surface area contributed by atoms with Gasteiger partial charge in [0.1, 0.15) is 5.75 Å². The van der Waals surface area contributed by atoms with Crippen LogP contribution in [0.1, 0.15) is 18.9 Å². The molecule has 0 radical (unpaired) electrons. The number of alkyl halides is 3. The zero-order valence-electron chi connectivity index (χ0n) is 11.8. The van der Waals surface area contributed by atoms with Crippen molar-refractivity contribution in [2.45, 2.75) is 19.7 Å². The van der Waals surface area contributed by atoms with Crippen molar-refractivity contribution < 1.29 is 22.7 Å². The van der Waals surface area contributed by atoms with Crippen LogP contribution in [0.15, 0.2) is 54.3 Å². The van der Waals surface area contributed by atoms with Gasteiger partial charge in [-0.25, -0.2) is 0 Å². The fourth-order valence-electron chi connectivity index (χ4n) is 2.05. The van der Waals surface area contributed by atoms with E-state index in [0.29, 0.717) is 16.8 Å². The van der Waals surface area contributed by atoms with Gasteiger partial charge < -0.3 is 10.1 Å². The molecule has 1 N–H and O–H groups in total. The summed E-state index contributed by atoms with van der Waals surface area (Å²) < 4.78 is 40.2. The van der Waals surface area contributed by atoms with Gasteiger partial charge in [-0.2, -0.15) is 0 Å². The van der Waals surface area contributed by atoms with Crippen LogP contribution in [0.4, 0.5) is 13.2 Å². The van der Waals surface area contributed by atoms with Crippen molar-refractivity contribution >= 4 is 11.5 Å². The summed E-state index contributed by atoms with van der Waals surface area (Å²) in [5.41, 5.74) is 2.77. The number of amides is 1. The molecule has 0 unspecified atom stereocenters. The van der Waals surface area contributed by atoms with Crippen LogP contribution < -0.4 is 10.1 Å². The maximum atomic E-state index is 12.1. The van der Waals surface area contributed by atoms with Crippen molar-refractivity contribution in [1.82, 2.24) is 5.32 Å². The number of allylic oxidation sites excluding steroid dienone is 4. The van der Waals surface area contributed by atoms with E-state index >= 15 is 0 Å². The van der Waals surface area contributed by atoms with Crippen molar-refractivity contribution in [3.8, 4) is 5.75 Å². The van der Waals surface area contributed by atoms with Gasteiger partial charge in [0.15, 0.2) is 0 Å². The van der Waals surface area contributed by atoms with E-state index in [1.54, 1.807) is 19.1 Å². The summed E-state index contributed by atoms with van der Waals surface area (Å²) in [5, 5.41) is 2.69. The number of halogens is 3. The van der Waals surface area contributed by atoms with E-state index < -0.39 is 6.36 Å². The molecule has 1 saturated heterocycles. The number of carbonyl (C=O) groups excluding carboxylic acids is 1. The zero-order valence-corrected chi connectivity index (χ0v) is 11.8. The van der Waals surface area contributed by atoms with Gasteiger partial charge in [0.25, 0.3) is 0 Å². The Bertz CT molecular complexity index is 655. The van der Waals surface area contributed by atoms with Gasteiger partial charge >= 0.3 is 6.36 Å². The highest BCUT2D eigenvalue weighted by molar-refractivity contribution is 5.88. The van der Waals surface area contributed by atoms with Crippen LogP contribution in [0.2, 0.25) is 0 Å². The number of ether oxygens (including phenoxy) is 1. The predicted molar refractivity (Wildman–Crippen MR) is 76.8 cm³/mol. The maximum Gasteiger partial charge on any atom is 0.573 e. The van der Waals surface area contributed by atoms with Gasteiger partial charge in [0, 0.05) is 5.70 Å². The minimum atomic E-state index is -4.71. The van der Waals surface area contributed by atoms with E-state index in [2.05, 4.69) is 16.6 Å². The third-order valence-corrected chi connectivity index (χ3v) is 3.06. The highest BCUT2D eigenvalue weighted by Gasteiger charge is 2.31. The minimum Gasteiger partial charge on any atom is -0.406 e. The Kier molecular flexibility index (Phi) is 4.40. The van der Waals surface area contributed by atoms with E-state index in [9.17, 15) is 18.0 Å². The first kappa shape index (κ1) is 15.9. The molecule has 1 aromatic carbocycles. The second-order valence-electron chi connectivity index (χ2n) is 4.70. The van der Waals surface area contributed by atoms with Crippen LogP contribution in [0.5, 0.6) is 5.75 Å². The van der Waals surface area contributed by atoms with Gasteiger partial charge in [-0.3, -0.25) is 4.79 Å². The molecule has 0 saturated carbocycles. The Morgan fingerprint density at radius 2 is 1.95 bits per heavy atom. The molecule has 1 heterocycles. The highest BCUT2D eigenvalue weighted by atomic mass is 19.4. The first-order valence-corrected chi connectivity index (χ1v) is 6.50. The summed E-state index contributed by atoms with van der Waals surface area (Å²) >= 11 is 0. The highest BCUT2D eigenvalue weighted by Crippen LogP contribution is 2.27. The largest absolute Gasteiger partial charge is 0.573 e. The summed E-state index contributed by atoms with van der Waals surface area (Å²) in [6, 6.07) is 5.53. The van der Waals surface area contributed by atoms with E-state index in [0.717, 1.165) is 5.57 Å². The van der Waals surface area contributed by atoms with E-state index in [1.165, 1.54) is 24.3 Å². The second-order valence-corrected chi connectivity index (χ2v) is 4.70. The molecule has 0 bridgehead atoms. The molecule has 0 aliphatic carbocycles. The number of hydrogen-bond acceptors (Lipinski definition) is 2. The third kappa shape index (κ3) is 4.00. The van der Waals surface area contributed by atoms with Crippen molar-refractivity contribution in [3.63, 3.8) is 0 Å². The van der Waals surface area contributed by atoms with Crippen LogP contribution in [0.25, 0.3) is 5.57 Å². The fourth-order valence-corrected chi connectivity index (χ4v) is 2.05. The molecule has 3 nitrogen and oxygen atoms in total. The normalized spacial score (nSPS) is 17.8. The molecular formula is C16H14F3NO2. The first-order valence-electron chi connectivity index (χ1n) is 6.50. The average Bonchev–Trinajstić information content (AvgIpc) is 2.73. The van der Waals surface area contributed by atoms with Gasteiger partial charge in [0.2, 0.25) is 5.91 Å². The zero-order chi connectivity index (χ0) is 16.3. The molecule has 1 aliphatic heterocycles. The average molecular weight is 309 g/mol. The van der Waals surface area contributed by atoms with Crippen molar-refractivity contribution in [1.29, 1.82) is 0 Å². The summed E-state index contributed by atoms with van der Waals surface area (Å²) in [6.07, 6.45) is -0.919. The molecule has 1 aromatic rings. The summed E-state index contributed by atoms with van der Waals surface area (Å²) in [5.74, 6) is -0.404. The molecule has 2 rings (SSSR count). The fraction of sp³-hybridized carbons (Fsp3) is 0.188. The Hall–Kier alpha value is -2.50. The lowest BCUT2D eigenvalue weighted by Crippen LogP contribution is -2.17. The van der Waals surface area contributed by atoms with Gasteiger partial charge in [-0.05, 0) is 41.8 Å². The minimum absolute atomic E-state index is 0.124. The molecular weight excluding hydrogens is 295 g/mol. The third-order valence-electron chi connectivity index (χ3n) is 3.06. The predicted octanol–water partition coefficient (Wildman–Crippen LogP) is 3.95. The smallest absolute Gasteiger partial charge is 0.406 e. The molecule has 6 heteroatoms. The van der Waals surface area contributed by atoms with E-state index in [-0.39, 0.29) is 18.1 Å². The Labute approximate surface area is 125 Å². The van der Waals surface area contributed by atoms with Crippen molar-refractivity contribution in [2.24, 2.45) is 0 Å². The molecule has 1 fully saturated rings. The summed E-state index contributed by atoms with van der Waals surface area (Å²) in [4.78, 5) is 11.3. The monoisotopic (exact) mass is 309 g/mol. The Morgan fingerprint density at radius 3 is 2.41 bits per heavy atom. The molecule has 0 spiro atoms. The lowest BCUT2D eigenvalue weighted by molar-refractivity contribution is -0.274. The van der Waals surface area contributed by atoms with Crippen LogP contribution in [-0.4, -0.2) is 12.3 Å². The Morgan fingerprint density at radius 1 is 1.32 bits per heavy atom. The van der Waals surface area contributed by atoms with Gasteiger partial charge in [0.05, 0.1) is 6.42 Å². The number of hydrogen-bond donors (Lipinski definition) is 1. The lowest BCUT2D eigenvalue weighted by Gasteiger charge is -2.10. The molecule has 116 valence electrons. The number of benzene rings is 1. The number of nitrogens with one attached hydrogen (secondary N) is 1. The van der Waals surface area contributed by atoms with Crippen LogP contribution in [0, 0.1) is 0 Å². The number of rotatable bonds is 3. The maximum absolute atomic E-state index is 12.1. The van der Waals surface area contributed by atoms with Gasteiger partial charge in [-0.15, -0.1) is 13.2 Å². The van der Waals surface area contributed by atoms with Crippen LogP contribution in [0.3, 0.4) is 0 Å². The van der Waals surface area contributed by atoms with E-state index in [1.807, 2.05) is 0 Å². The molecule has 1 amide bonds. The van der Waals surface area contributed by atoms with Crippen LogP contribution >= 0.6 is 0 Å². The summed E-state index contributed by atoms with van der Waals surface area (Å²) in [6.45, 7) is 5.60. The summed E-state index contributed by atoms with van der Waals surface area (Å²) in [7, 11) is 0. The second kappa shape index (κ2) is 6.09. The van der Waals surface area contributed by atoms with E-state index in [4.69, 9.17) is 0 Å². The molecule has 1 aliphatic rings. The lowest BCUT2D eigenvalue weighted by atomic mass is 10.0. The Balaban J connectivity index is 2.21. The van der Waals surface area contributed by atoms with Crippen molar-refractivity contribution in [2.75, 3.05) is 0 Å². The molecule has 0 atom stereocenters. The van der Waals surface area contributed by atoms with Gasteiger partial charge in [-0.1, -0.05) is 24.8 Å². The topological polar surface area (TPSA) is 38.3 Å². The first-order chi connectivity index (χ1) is 10.3. The number of carbonyl (C=O) groups is 1. The molecule has 22 heavy (non-hydrogen) atoms. The van der Waals surface area contributed by atoms with Crippen LogP contribution in [-0.2, 0) is 4.79 Å². The standard InChI is InChI=1S/C16H14F3NO2/c1-3-11(9-14-10(2)8-15(21)20-14)12-4-6-13(7-5-12)22-16(17,18)19/h3-7,9H,2,8H2,1H3,(H,20,21)/b11-3+,14-9+. The van der Waals surface area contributed by atoms with Crippen molar-refractivity contribution in [3.05, 3.63) is 59.8 Å². The quantitative estimate of drug-likeness (QED) is 0.918.